The van der Waals surface area contributed by atoms with Crippen molar-refractivity contribution in [3.05, 3.63) is 27.4 Å². The number of aromatic nitrogens is 2. The zero-order valence-electron chi connectivity index (χ0n) is 11.0. The van der Waals surface area contributed by atoms with Gasteiger partial charge in [-0.15, -0.1) is 0 Å². The van der Waals surface area contributed by atoms with E-state index in [2.05, 4.69) is 49.4 Å². The molecule has 3 nitrogen and oxygen atoms in total. The summed E-state index contributed by atoms with van der Waals surface area (Å²) in [5.41, 5.74) is 2.32. The smallest absolute Gasteiger partial charge is 0.178 e. The van der Waals surface area contributed by atoms with Crippen LogP contribution in [0, 0.1) is 4.77 Å². The number of H-pyrrole nitrogens is 1. The van der Waals surface area contributed by atoms with E-state index < -0.39 is 0 Å². The zero-order valence-corrected chi connectivity index (χ0v) is 13.4. The SMILES string of the molecule is CCN1CCCC1Cn1c(=S)[nH]c2ccc(Br)cc21. The monoisotopic (exact) mass is 339 g/mol. The molecule has 102 valence electrons. The number of nitrogens with one attached hydrogen (secondary N) is 1. The summed E-state index contributed by atoms with van der Waals surface area (Å²) in [6, 6.07) is 6.89. The van der Waals surface area contributed by atoms with E-state index in [0.717, 1.165) is 27.8 Å². The third kappa shape index (κ3) is 2.51. The molecule has 0 amide bonds. The van der Waals surface area contributed by atoms with Gasteiger partial charge in [0.2, 0.25) is 0 Å². The van der Waals surface area contributed by atoms with Crippen LogP contribution in [0.2, 0.25) is 0 Å². The predicted molar refractivity (Wildman–Crippen MR) is 85.1 cm³/mol. The summed E-state index contributed by atoms with van der Waals surface area (Å²) >= 11 is 9.02. The molecule has 0 saturated carbocycles. The van der Waals surface area contributed by atoms with E-state index in [-0.39, 0.29) is 0 Å². The van der Waals surface area contributed by atoms with Gasteiger partial charge in [0, 0.05) is 17.1 Å². The lowest BCUT2D eigenvalue weighted by Gasteiger charge is -2.23. The lowest BCUT2D eigenvalue weighted by atomic mass is 10.2. The minimum Gasteiger partial charge on any atom is -0.331 e. The quantitative estimate of drug-likeness (QED) is 0.856. The maximum atomic E-state index is 5.48. The normalized spacial score (nSPS) is 20.4. The number of halogens is 1. The van der Waals surface area contributed by atoms with Gasteiger partial charge in [-0.3, -0.25) is 4.90 Å². The standard InChI is InChI=1S/C14H18BrN3S/c1-2-17-7-3-4-11(17)9-18-13-8-10(15)5-6-12(13)16-14(18)19/h5-6,8,11H,2-4,7,9H2,1H3,(H,16,19). The Kier molecular flexibility index (Phi) is 3.78. The van der Waals surface area contributed by atoms with Crippen molar-refractivity contribution in [2.24, 2.45) is 0 Å². The van der Waals surface area contributed by atoms with Gasteiger partial charge in [0.15, 0.2) is 4.77 Å². The Balaban J connectivity index is 1.98. The minimum absolute atomic E-state index is 0.620. The molecule has 1 aromatic heterocycles. The largest absolute Gasteiger partial charge is 0.331 e. The summed E-state index contributed by atoms with van der Waals surface area (Å²) in [5.74, 6) is 0. The number of benzene rings is 1. The first kappa shape index (κ1) is 13.3. The molecule has 5 heteroatoms. The minimum atomic E-state index is 0.620. The van der Waals surface area contributed by atoms with Gasteiger partial charge in [-0.25, -0.2) is 0 Å². The maximum Gasteiger partial charge on any atom is 0.178 e. The van der Waals surface area contributed by atoms with E-state index in [4.69, 9.17) is 12.2 Å². The van der Waals surface area contributed by atoms with Crippen LogP contribution in [0.15, 0.2) is 22.7 Å². The van der Waals surface area contributed by atoms with Crippen molar-refractivity contribution >= 4 is 39.2 Å². The molecule has 1 atom stereocenters. The highest BCUT2D eigenvalue weighted by atomic mass is 79.9. The fraction of sp³-hybridized carbons (Fsp3) is 0.500. The van der Waals surface area contributed by atoms with E-state index in [0.29, 0.717) is 6.04 Å². The molecule has 2 aromatic rings. The first-order valence-electron chi connectivity index (χ1n) is 6.81. The lowest BCUT2D eigenvalue weighted by molar-refractivity contribution is 0.245. The molecule has 1 aliphatic rings. The Morgan fingerprint density at radius 2 is 2.32 bits per heavy atom. The molecule has 0 bridgehead atoms. The molecule has 1 fully saturated rings. The van der Waals surface area contributed by atoms with Gasteiger partial charge in [-0.2, -0.15) is 0 Å². The lowest BCUT2D eigenvalue weighted by Crippen LogP contribution is -2.32. The molecular weight excluding hydrogens is 322 g/mol. The van der Waals surface area contributed by atoms with Gasteiger partial charge < -0.3 is 9.55 Å². The maximum absolute atomic E-state index is 5.48. The third-order valence-electron chi connectivity index (χ3n) is 4.04. The van der Waals surface area contributed by atoms with Gasteiger partial charge in [0.1, 0.15) is 0 Å². The van der Waals surface area contributed by atoms with E-state index in [1.165, 1.54) is 24.9 Å². The Labute approximate surface area is 126 Å². The number of imidazole rings is 1. The van der Waals surface area contributed by atoms with Crippen LogP contribution in [-0.2, 0) is 6.54 Å². The van der Waals surface area contributed by atoms with Crippen LogP contribution in [0.25, 0.3) is 11.0 Å². The van der Waals surface area contributed by atoms with Crippen molar-refractivity contribution in [3.63, 3.8) is 0 Å². The molecule has 1 unspecified atom stereocenters. The number of hydrogen-bond acceptors (Lipinski definition) is 2. The highest BCUT2D eigenvalue weighted by Gasteiger charge is 2.24. The second kappa shape index (κ2) is 5.38. The van der Waals surface area contributed by atoms with Gasteiger partial charge in [-0.05, 0) is 56.3 Å². The van der Waals surface area contributed by atoms with Crippen LogP contribution in [0.4, 0.5) is 0 Å². The fourth-order valence-corrected chi connectivity index (χ4v) is 3.67. The number of fused-ring (bicyclic) bond motifs is 1. The molecule has 19 heavy (non-hydrogen) atoms. The Morgan fingerprint density at radius 3 is 3.11 bits per heavy atom. The molecule has 1 N–H and O–H groups in total. The molecule has 1 saturated heterocycles. The number of nitrogens with zero attached hydrogens (tertiary/aromatic N) is 2. The molecule has 1 aliphatic heterocycles. The van der Waals surface area contributed by atoms with Crippen LogP contribution >= 0.6 is 28.1 Å². The predicted octanol–water partition coefficient (Wildman–Crippen LogP) is 3.95. The van der Waals surface area contributed by atoms with E-state index in [1.807, 2.05) is 6.07 Å². The summed E-state index contributed by atoms with van der Waals surface area (Å²) in [5, 5.41) is 0. The van der Waals surface area contributed by atoms with E-state index in [1.54, 1.807) is 0 Å². The van der Waals surface area contributed by atoms with Crippen LogP contribution in [0.3, 0.4) is 0 Å². The molecule has 0 radical (unpaired) electrons. The summed E-state index contributed by atoms with van der Waals surface area (Å²) in [4.78, 5) is 5.85. The number of likely N-dealkylation sites (tertiary alicyclic amines) is 1. The van der Waals surface area contributed by atoms with E-state index in [9.17, 15) is 0 Å². The van der Waals surface area contributed by atoms with Gasteiger partial charge in [0.25, 0.3) is 0 Å². The van der Waals surface area contributed by atoms with Crippen LogP contribution in [0.5, 0.6) is 0 Å². The zero-order chi connectivity index (χ0) is 13.4. The number of hydrogen-bond donors (Lipinski definition) is 1. The molecule has 2 heterocycles. The number of rotatable bonds is 3. The number of aromatic amines is 1. The van der Waals surface area contributed by atoms with Gasteiger partial charge in [-0.1, -0.05) is 22.9 Å². The summed E-state index contributed by atoms with van der Waals surface area (Å²) in [7, 11) is 0. The molecule has 0 spiro atoms. The highest BCUT2D eigenvalue weighted by molar-refractivity contribution is 9.10. The average molecular weight is 340 g/mol. The second-order valence-electron chi connectivity index (χ2n) is 5.13. The van der Waals surface area contributed by atoms with Crippen LogP contribution < -0.4 is 0 Å². The van der Waals surface area contributed by atoms with Gasteiger partial charge >= 0.3 is 0 Å². The van der Waals surface area contributed by atoms with Crippen molar-refractivity contribution in [1.29, 1.82) is 0 Å². The Bertz CT molecular complexity index is 646. The Morgan fingerprint density at radius 1 is 1.47 bits per heavy atom. The first-order valence-corrected chi connectivity index (χ1v) is 8.01. The first-order chi connectivity index (χ1) is 9.19. The van der Waals surface area contributed by atoms with Crippen LogP contribution in [-0.4, -0.2) is 33.6 Å². The summed E-state index contributed by atoms with van der Waals surface area (Å²) in [6.07, 6.45) is 2.58. The van der Waals surface area contributed by atoms with Crippen molar-refractivity contribution in [2.45, 2.75) is 32.4 Å². The summed E-state index contributed by atoms with van der Waals surface area (Å²) in [6.45, 7) is 5.58. The van der Waals surface area contributed by atoms with Crippen molar-refractivity contribution in [2.75, 3.05) is 13.1 Å². The van der Waals surface area contributed by atoms with Gasteiger partial charge in [0.05, 0.1) is 11.0 Å². The second-order valence-corrected chi connectivity index (χ2v) is 6.43. The highest BCUT2D eigenvalue weighted by Crippen LogP contribution is 2.23. The fourth-order valence-electron chi connectivity index (χ4n) is 3.04. The molecule has 0 aliphatic carbocycles. The van der Waals surface area contributed by atoms with Crippen LogP contribution in [0.1, 0.15) is 19.8 Å². The summed E-state index contributed by atoms with van der Waals surface area (Å²) < 4.78 is 4.17. The van der Waals surface area contributed by atoms with Crippen molar-refractivity contribution in [1.82, 2.24) is 14.5 Å². The average Bonchev–Trinajstić information content (AvgIpc) is 2.96. The Hall–Kier alpha value is -0.650. The third-order valence-corrected chi connectivity index (χ3v) is 4.85. The van der Waals surface area contributed by atoms with Crippen molar-refractivity contribution in [3.8, 4) is 0 Å². The van der Waals surface area contributed by atoms with Crippen molar-refractivity contribution < 1.29 is 0 Å². The number of likely N-dealkylation sites (N-methyl/N-ethyl adjacent to an activating group) is 1. The topological polar surface area (TPSA) is 24.0 Å². The molecule has 3 rings (SSSR count). The molecule has 1 aromatic carbocycles. The molecular formula is C14H18BrN3S. The van der Waals surface area contributed by atoms with E-state index >= 15 is 0 Å².